The van der Waals surface area contributed by atoms with Gasteiger partial charge in [-0.15, -0.1) is 0 Å². The van der Waals surface area contributed by atoms with E-state index in [4.69, 9.17) is 0 Å². The summed E-state index contributed by atoms with van der Waals surface area (Å²) in [6.45, 7) is 2.28. The molecule has 1 aliphatic carbocycles. The first-order valence-electron chi connectivity index (χ1n) is 3.28. The maximum Gasteiger partial charge on any atom is 0.0324 e. The van der Waals surface area contributed by atoms with E-state index in [0.29, 0.717) is 0 Å². The van der Waals surface area contributed by atoms with E-state index in [9.17, 15) is 0 Å². The van der Waals surface area contributed by atoms with Crippen LogP contribution in [0.4, 0.5) is 0 Å². The molecule has 0 saturated heterocycles. The van der Waals surface area contributed by atoms with Gasteiger partial charge in [0.1, 0.15) is 0 Å². The van der Waals surface area contributed by atoms with Crippen molar-refractivity contribution in [3.8, 4) is 0 Å². The molecule has 2 heteroatoms. The Hall–Kier alpha value is 0.294. The molecule has 0 amide bonds. The van der Waals surface area contributed by atoms with Crippen LogP contribution >= 0.6 is 0 Å². The zero-order valence-electron chi connectivity index (χ0n) is 6.30. The van der Waals surface area contributed by atoms with E-state index in [0.717, 1.165) is 5.54 Å². The quantitative estimate of drug-likeness (QED) is 0.493. The van der Waals surface area contributed by atoms with Crippen LogP contribution in [-0.4, -0.2) is 28.4 Å². The molecule has 1 rings (SSSR count). The molecule has 0 N–H and O–H groups in total. The fourth-order valence-electron chi connectivity index (χ4n) is 1.00. The summed E-state index contributed by atoms with van der Waals surface area (Å²) >= 11 is 0. The molecule has 1 aliphatic rings. The van der Waals surface area contributed by atoms with Crippen molar-refractivity contribution in [3.05, 3.63) is 24.3 Å². The van der Waals surface area contributed by atoms with Crippen molar-refractivity contribution in [2.75, 3.05) is 0 Å². The normalized spacial score (nSPS) is 17.4. The Labute approximate surface area is 71.4 Å². The van der Waals surface area contributed by atoms with Gasteiger partial charge in [-0.3, -0.25) is 0 Å². The van der Waals surface area contributed by atoms with Crippen LogP contribution in [0.15, 0.2) is 24.3 Å². The third-order valence-electron chi connectivity index (χ3n) is 1.45. The second kappa shape index (κ2) is 5.11. The molecule has 0 heterocycles. The van der Waals surface area contributed by atoms with Crippen molar-refractivity contribution in [3.63, 3.8) is 0 Å². The number of rotatable bonds is 2. The zero-order valence-corrected chi connectivity index (χ0v) is 7.72. The molecule has 0 fully saturated rings. The molecule has 0 spiro atoms. The summed E-state index contributed by atoms with van der Waals surface area (Å²) in [6.07, 6.45) is 8.95. The first-order chi connectivity index (χ1) is 3.93. The standard InChI is InChI=1S/C7H12Si.Li/c1-2-8-7-5-3-4-6-7;/h3-7H,2,8H2,1H3;. The van der Waals surface area contributed by atoms with Crippen molar-refractivity contribution in [2.24, 2.45) is 0 Å². The van der Waals surface area contributed by atoms with Crippen LogP contribution in [-0.2, 0) is 0 Å². The summed E-state index contributed by atoms with van der Waals surface area (Å²) in [6, 6.07) is 1.43. The van der Waals surface area contributed by atoms with Crippen molar-refractivity contribution < 1.29 is 0 Å². The predicted molar refractivity (Wildman–Crippen MR) is 46.8 cm³/mol. The average Bonchev–Trinajstić information content (AvgIpc) is 2.19. The van der Waals surface area contributed by atoms with E-state index in [1.807, 2.05) is 0 Å². The van der Waals surface area contributed by atoms with Crippen LogP contribution in [0.3, 0.4) is 0 Å². The second-order valence-corrected chi connectivity index (χ2v) is 4.74. The summed E-state index contributed by atoms with van der Waals surface area (Å²) in [7, 11) is 0.225. The van der Waals surface area contributed by atoms with Gasteiger partial charge in [-0.2, -0.15) is 0 Å². The Morgan fingerprint density at radius 2 is 1.89 bits per heavy atom. The molecule has 1 radical (unpaired) electrons. The molecule has 0 aromatic rings. The number of hydrogen-bond donors (Lipinski definition) is 0. The molecule has 0 atom stereocenters. The van der Waals surface area contributed by atoms with Crippen LogP contribution in [0, 0.1) is 0 Å². The molecule has 0 aromatic heterocycles. The first-order valence-corrected chi connectivity index (χ1v) is 5.10. The minimum atomic E-state index is 0. The summed E-state index contributed by atoms with van der Waals surface area (Å²) < 4.78 is 0. The van der Waals surface area contributed by atoms with Gasteiger partial charge < -0.3 is 0 Å². The third-order valence-corrected chi connectivity index (χ3v) is 3.24. The maximum absolute atomic E-state index is 2.32. The Balaban J connectivity index is 0.000000640. The van der Waals surface area contributed by atoms with Gasteiger partial charge in [0.15, 0.2) is 0 Å². The molecule has 0 unspecified atom stereocenters. The minimum Gasteiger partial charge on any atom is -0.0810 e. The van der Waals surface area contributed by atoms with E-state index in [2.05, 4.69) is 31.2 Å². The largest absolute Gasteiger partial charge is 0.0810 e. The first kappa shape index (κ1) is 9.29. The van der Waals surface area contributed by atoms with Gasteiger partial charge in [0.2, 0.25) is 0 Å². The molecule has 9 heavy (non-hydrogen) atoms. The van der Waals surface area contributed by atoms with Crippen molar-refractivity contribution in [1.82, 2.24) is 0 Å². The van der Waals surface area contributed by atoms with E-state index >= 15 is 0 Å². The van der Waals surface area contributed by atoms with Crippen LogP contribution in [0.25, 0.3) is 0 Å². The maximum atomic E-state index is 2.32. The summed E-state index contributed by atoms with van der Waals surface area (Å²) in [4.78, 5) is 0. The van der Waals surface area contributed by atoms with Gasteiger partial charge in [-0.25, -0.2) is 0 Å². The van der Waals surface area contributed by atoms with Crippen LogP contribution < -0.4 is 0 Å². The van der Waals surface area contributed by atoms with E-state index < -0.39 is 0 Å². The molecule has 0 aliphatic heterocycles. The number of hydrogen-bond acceptors (Lipinski definition) is 0. The molecule has 0 aromatic carbocycles. The summed E-state index contributed by atoms with van der Waals surface area (Å²) in [5, 5.41) is 0. The Morgan fingerprint density at radius 3 is 2.33 bits per heavy atom. The average molecular weight is 131 g/mol. The topological polar surface area (TPSA) is 0 Å². The van der Waals surface area contributed by atoms with Crippen LogP contribution in [0.1, 0.15) is 6.92 Å². The number of allylic oxidation sites excluding steroid dienone is 4. The Morgan fingerprint density at radius 1 is 1.33 bits per heavy atom. The van der Waals surface area contributed by atoms with Gasteiger partial charge in [0, 0.05) is 28.4 Å². The Bertz CT molecular complexity index is 106. The van der Waals surface area contributed by atoms with Gasteiger partial charge in [-0.05, 0) is 5.54 Å². The van der Waals surface area contributed by atoms with Gasteiger partial charge in [0.25, 0.3) is 0 Å². The van der Waals surface area contributed by atoms with Crippen molar-refractivity contribution in [1.29, 1.82) is 0 Å². The van der Waals surface area contributed by atoms with E-state index in [1.54, 1.807) is 0 Å². The molecular weight excluding hydrogens is 119 g/mol. The fourth-order valence-corrected chi connectivity index (χ4v) is 2.37. The van der Waals surface area contributed by atoms with E-state index in [1.165, 1.54) is 6.04 Å². The Kier molecular flexibility index (Phi) is 5.28. The van der Waals surface area contributed by atoms with Crippen LogP contribution in [0.5, 0.6) is 0 Å². The summed E-state index contributed by atoms with van der Waals surface area (Å²) in [5.41, 5.74) is 0.889. The van der Waals surface area contributed by atoms with E-state index in [-0.39, 0.29) is 28.4 Å². The van der Waals surface area contributed by atoms with Gasteiger partial charge in [-0.1, -0.05) is 37.3 Å². The van der Waals surface area contributed by atoms with Crippen molar-refractivity contribution in [2.45, 2.75) is 18.5 Å². The predicted octanol–water partition coefficient (Wildman–Crippen LogP) is 1.13. The minimum absolute atomic E-state index is 0. The summed E-state index contributed by atoms with van der Waals surface area (Å²) in [5.74, 6) is 0. The monoisotopic (exact) mass is 131 g/mol. The second-order valence-electron chi connectivity index (χ2n) is 2.22. The third kappa shape index (κ3) is 3.10. The SMILES string of the molecule is CC[SiH2]C1C=CC=C1.[Li]. The van der Waals surface area contributed by atoms with Gasteiger partial charge >= 0.3 is 0 Å². The fraction of sp³-hybridized carbons (Fsp3) is 0.429. The molecule has 0 saturated carbocycles. The molecular formula is C7H12LiSi. The van der Waals surface area contributed by atoms with Crippen LogP contribution in [0.2, 0.25) is 11.6 Å². The molecule has 45 valence electrons. The zero-order chi connectivity index (χ0) is 5.82. The molecule has 0 nitrogen and oxygen atoms in total. The van der Waals surface area contributed by atoms with Crippen molar-refractivity contribution >= 4 is 28.4 Å². The van der Waals surface area contributed by atoms with Gasteiger partial charge in [0.05, 0.1) is 0 Å². The molecule has 0 bridgehead atoms. The smallest absolute Gasteiger partial charge is 0.0324 e.